The number of aromatic nitrogens is 3. The number of hydrogen-bond acceptors (Lipinski definition) is 5. The average molecular weight is 360 g/mol. The second-order valence-corrected chi connectivity index (χ2v) is 7.03. The molecule has 1 aromatic carbocycles. The van der Waals surface area contributed by atoms with E-state index in [4.69, 9.17) is 0 Å². The maximum atomic E-state index is 11.3. The first-order valence-electron chi connectivity index (χ1n) is 9.52. The van der Waals surface area contributed by atoms with Crippen LogP contribution < -0.4 is 5.32 Å². The summed E-state index contributed by atoms with van der Waals surface area (Å²) >= 11 is 0. The van der Waals surface area contributed by atoms with Gasteiger partial charge in [0.2, 0.25) is 0 Å². The summed E-state index contributed by atoms with van der Waals surface area (Å²) in [5.41, 5.74) is 3.08. The Morgan fingerprint density at radius 3 is 2.78 bits per heavy atom. The maximum absolute atomic E-state index is 11.3. The summed E-state index contributed by atoms with van der Waals surface area (Å²) < 4.78 is 0. The van der Waals surface area contributed by atoms with Gasteiger partial charge in [-0.15, -0.1) is 0 Å². The van der Waals surface area contributed by atoms with Crippen LogP contribution in [0.4, 0.5) is 5.82 Å². The predicted octanol–water partition coefficient (Wildman–Crippen LogP) is 3.74. The Bertz CT molecular complexity index is 929. The second kappa shape index (κ2) is 7.45. The zero-order chi connectivity index (χ0) is 18.7. The molecule has 0 radical (unpaired) electrons. The highest BCUT2D eigenvalue weighted by Crippen LogP contribution is 2.35. The Labute approximate surface area is 159 Å². The van der Waals surface area contributed by atoms with Gasteiger partial charge >= 0.3 is 0 Å². The molecule has 0 saturated heterocycles. The van der Waals surface area contributed by atoms with Crippen molar-refractivity contribution in [2.24, 2.45) is 0 Å². The third kappa shape index (κ3) is 3.69. The molecule has 2 aromatic heterocycles. The van der Waals surface area contributed by atoms with Gasteiger partial charge < -0.3 is 10.4 Å². The van der Waals surface area contributed by atoms with Gasteiger partial charge in [-0.1, -0.05) is 37.3 Å². The topological polar surface area (TPSA) is 70.9 Å². The standard InChI is InChI=1S/C22H24N4O/c1-2-17-14-20(26-21(25-17)19-11-5-6-13-23-19)24-15-22(27)12-7-9-16-8-3-4-10-18(16)22/h3-6,8,10-11,13-14,27H,2,7,9,12,15H2,1H3,(H,24,25,26). The van der Waals surface area contributed by atoms with E-state index in [1.165, 1.54) is 5.56 Å². The first-order valence-corrected chi connectivity index (χ1v) is 9.52. The van der Waals surface area contributed by atoms with E-state index in [0.29, 0.717) is 12.4 Å². The minimum absolute atomic E-state index is 0.422. The maximum Gasteiger partial charge on any atom is 0.180 e. The Hall–Kier alpha value is -2.79. The van der Waals surface area contributed by atoms with Crippen LogP contribution in [0.5, 0.6) is 0 Å². The smallest absolute Gasteiger partial charge is 0.180 e. The van der Waals surface area contributed by atoms with Crippen LogP contribution >= 0.6 is 0 Å². The summed E-state index contributed by atoms with van der Waals surface area (Å²) in [7, 11) is 0. The Morgan fingerprint density at radius 1 is 1.11 bits per heavy atom. The number of aliphatic hydroxyl groups is 1. The Balaban J connectivity index is 1.60. The first-order chi connectivity index (χ1) is 13.2. The lowest BCUT2D eigenvalue weighted by Gasteiger charge is -2.34. The van der Waals surface area contributed by atoms with Gasteiger partial charge in [-0.25, -0.2) is 9.97 Å². The fourth-order valence-electron chi connectivity index (χ4n) is 3.70. The van der Waals surface area contributed by atoms with Crippen LogP contribution in [-0.2, 0) is 18.4 Å². The van der Waals surface area contributed by atoms with E-state index in [0.717, 1.165) is 48.5 Å². The fraction of sp³-hybridized carbons (Fsp3) is 0.318. The highest BCUT2D eigenvalue weighted by atomic mass is 16.3. The summed E-state index contributed by atoms with van der Waals surface area (Å²) in [6.45, 7) is 2.49. The lowest BCUT2D eigenvalue weighted by atomic mass is 9.79. The van der Waals surface area contributed by atoms with Crippen LogP contribution in [0.25, 0.3) is 11.5 Å². The van der Waals surface area contributed by atoms with E-state index < -0.39 is 5.60 Å². The molecule has 0 amide bonds. The van der Waals surface area contributed by atoms with Gasteiger partial charge in [-0.3, -0.25) is 4.98 Å². The molecule has 0 spiro atoms. The van der Waals surface area contributed by atoms with Crippen LogP contribution in [0.3, 0.4) is 0 Å². The van der Waals surface area contributed by atoms with Crippen molar-refractivity contribution in [2.75, 3.05) is 11.9 Å². The molecule has 1 aliphatic rings. The summed E-state index contributed by atoms with van der Waals surface area (Å²) in [5.74, 6) is 1.33. The molecule has 2 heterocycles. The number of anilines is 1. The molecule has 0 fully saturated rings. The van der Waals surface area contributed by atoms with E-state index in [-0.39, 0.29) is 0 Å². The average Bonchev–Trinajstić information content (AvgIpc) is 2.73. The number of pyridine rings is 1. The third-order valence-corrected chi connectivity index (χ3v) is 5.15. The Morgan fingerprint density at radius 2 is 1.96 bits per heavy atom. The number of benzene rings is 1. The number of aryl methyl sites for hydroxylation is 2. The normalized spacial score (nSPS) is 18.7. The van der Waals surface area contributed by atoms with E-state index in [1.807, 2.05) is 42.5 Å². The molecule has 1 unspecified atom stereocenters. The van der Waals surface area contributed by atoms with E-state index >= 15 is 0 Å². The molecular formula is C22H24N4O. The minimum atomic E-state index is -0.878. The summed E-state index contributed by atoms with van der Waals surface area (Å²) in [4.78, 5) is 13.6. The van der Waals surface area contributed by atoms with Crippen molar-refractivity contribution in [3.8, 4) is 11.5 Å². The van der Waals surface area contributed by atoms with E-state index in [9.17, 15) is 5.11 Å². The quantitative estimate of drug-likeness (QED) is 0.725. The van der Waals surface area contributed by atoms with Gasteiger partial charge in [0, 0.05) is 24.5 Å². The molecule has 5 heteroatoms. The molecule has 0 bridgehead atoms. The van der Waals surface area contributed by atoms with Crippen molar-refractivity contribution in [1.82, 2.24) is 15.0 Å². The van der Waals surface area contributed by atoms with Crippen molar-refractivity contribution in [3.63, 3.8) is 0 Å². The SMILES string of the molecule is CCc1cc(NCC2(O)CCCc3ccccc32)nc(-c2ccccn2)n1. The molecule has 3 aromatic rings. The minimum Gasteiger partial charge on any atom is -0.383 e. The van der Waals surface area contributed by atoms with Crippen molar-refractivity contribution >= 4 is 5.82 Å². The van der Waals surface area contributed by atoms with Crippen molar-refractivity contribution < 1.29 is 5.11 Å². The van der Waals surface area contributed by atoms with Crippen LogP contribution in [0.15, 0.2) is 54.7 Å². The zero-order valence-electron chi connectivity index (χ0n) is 15.5. The summed E-state index contributed by atoms with van der Waals surface area (Å²) in [5, 5.41) is 14.6. The molecule has 1 aliphatic carbocycles. The number of nitrogens with zero attached hydrogens (tertiary/aromatic N) is 3. The fourth-order valence-corrected chi connectivity index (χ4v) is 3.70. The molecule has 4 rings (SSSR count). The summed E-state index contributed by atoms with van der Waals surface area (Å²) in [6.07, 6.45) is 5.31. The molecule has 0 saturated carbocycles. The zero-order valence-corrected chi connectivity index (χ0v) is 15.5. The van der Waals surface area contributed by atoms with Gasteiger partial charge in [-0.2, -0.15) is 0 Å². The van der Waals surface area contributed by atoms with E-state index in [1.54, 1.807) is 6.20 Å². The van der Waals surface area contributed by atoms with Gasteiger partial charge in [0.25, 0.3) is 0 Å². The lowest BCUT2D eigenvalue weighted by Crippen LogP contribution is -2.37. The van der Waals surface area contributed by atoms with Gasteiger partial charge in [0.05, 0.1) is 0 Å². The van der Waals surface area contributed by atoms with Crippen molar-refractivity contribution in [3.05, 3.63) is 71.5 Å². The Kier molecular flexibility index (Phi) is 4.86. The predicted molar refractivity (Wildman–Crippen MR) is 106 cm³/mol. The molecule has 27 heavy (non-hydrogen) atoms. The number of hydrogen-bond donors (Lipinski definition) is 2. The lowest BCUT2D eigenvalue weighted by molar-refractivity contribution is 0.0322. The van der Waals surface area contributed by atoms with Gasteiger partial charge in [-0.05, 0) is 48.9 Å². The molecule has 5 nitrogen and oxygen atoms in total. The van der Waals surface area contributed by atoms with Crippen LogP contribution in [-0.4, -0.2) is 26.6 Å². The molecular weight excluding hydrogens is 336 g/mol. The molecule has 1 atom stereocenters. The molecule has 2 N–H and O–H groups in total. The van der Waals surface area contributed by atoms with Gasteiger partial charge in [0.1, 0.15) is 17.1 Å². The number of rotatable bonds is 5. The number of fused-ring (bicyclic) bond motifs is 1. The van der Waals surface area contributed by atoms with Crippen LogP contribution in [0.1, 0.15) is 36.6 Å². The highest BCUT2D eigenvalue weighted by molar-refractivity contribution is 5.53. The third-order valence-electron chi connectivity index (χ3n) is 5.15. The van der Waals surface area contributed by atoms with Crippen LogP contribution in [0.2, 0.25) is 0 Å². The monoisotopic (exact) mass is 360 g/mol. The highest BCUT2D eigenvalue weighted by Gasteiger charge is 2.34. The van der Waals surface area contributed by atoms with Crippen molar-refractivity contribution in [1.29, 1.82) is 0 Å². The van der Waals surface area contributed by atoms with E-state index in [2.05, 4.69) is 33.3 Å². The number of nitrogens with one attached hydrogen (secondary N) is 1. The first kappa shape index (κ1) is 17.6. The molecule has 138 valence electrons. The van der Waals surface area contributed by atoms with Gasteiger partial charge in [0.15, 0.2) is 5.82 Å². The summed E-state index contributed by atoms with van der Waals surface area (Å²) in [6, 6.07) is 15.8. The molecule has 0 aliphatic heterocycles. The van der Waals surface area contributed by atoms with Crippen molar-refractivity contribution in [2.45, 2.75) is 38.2 Å². The second-order valence-electron chi connectivity index (χ2n) is 7.03. The largest absolute Gasteiger partial charge is 0.383 e. The van der Waals surface area contributed by atoms with Crippen LogP contribution in [0, 0.1) is 0 Å².